The van der Waals surface area contributed by atoms with E-state index in [2.05, 4.69) is 15.1 Å². The van der Waals surface area contributed by atoms with E-state index in [4.69, 9.17) is 10.4 Å². The summed E-state index contributed by atoms with van der Waals surface area (Å²) in [5.74, 6) is -1.63. The van der Waals surface area contributed by atoms with Crippen molar-refractivity contribution >= 4 is 5.97 Å². The largest absolute Gasteiger partial charge is 0.492 e. The molecular weight excluding hydrogens is 226 g/mol. The molecule has 84 valence electrons. The summed E-state index contributed by atoms with van der Waals surface area (Å²) in [5, 5.41) is 30.3. The number of carboxylic acid groups (broad SMARTS) is 1. The van der Waals surface area contributed by atoms with E-state index >= 15 is 0 Å². The number of carbonyl (C=O) groups is 1. The number of carboxylic acids is 1. The van der Waals surface area contributed by atoms with Crippen LogP contribution in [0.4, 0.5) is 0 Å². The monoisotopic (exact) mass is 231 g/mol. The number of nitriles is 1. The van der Waals surface area contributed by atoms with Gasteiger partial charge in [0.1, 0.15) is 11.6 Å². The average molecular weight is 231 g/mol. The molecule has 0 fully saturated rings. The van der Waals surface area contributed by atoms with Crippen LogP contribution in [-0.4, -0.2) is 35.9 Å². The van der Waals surface area contributed by atoms with Crippen LogP contribution in [0.15, 0.2) is 18.6 Å². The van der Waals surface area contributed by atoms with Crippen LogP contribution in [-0.2, 0) is 0 Å². The van der Waals surface area contributed by atoms with Gasteiger partial charge in [-0.1, -0.05) is 0 Å². The van der Waals surface area contributed by atoms with E-state index in [1.807, 2.05) is 0 Å². The first-order valence-corrected chi connectivity index (χ1v) is 4.36. The molecule has 0 unspecified atom stereocenters. The van der Waals surface area contributed by atoms with Crippen LogP contribution in [0.3, 0.4) is 0 Å². The standard InChI is InChI=1S/C9H5N5O3/c10-1-5-2-11-9(13-7(5)15)14-4-6(3-12-14)8(16)17/h2-4H,(H,16,17)(H,11,13,15). The summed E-state index contributed by atoms with van der Waals surface area (Å²) in [6.07, 6.45) is 3.45. The fraction of sp³-hybridized carbons (Fsp3) is 0. The molecule has 2 aromatic heterocycles. The zero-order valence-corrected chi connectivity index (χ0v) is 8.27. The van der Waals surface area contributed by atoms with Gasteiger partial charge in [-0.25, -0.2) is 14.5 Å². The fourth-order valence-corrected chi connectivity index (χ4v) is 1.10. The molecule has 0 aromatic carbocycles. The van der Waals surface area contributed by atoms with Gasteiger partial charge >= 0.3 is 5.97 Å². The average Bonchev–Trinajstić information content (AvgIpc) is 2.78. The van der Waals surface area contributed by atoms with E-state index in [-0.39, 0.29) is 17.1 Å². The fourth-order valence-electron chi connectivity index (χ4n) is 1.10. The second-order valence-corrected chi connectivity index (χ2v) is 3.00. The van der Waals surface area contributed by atoms with Gasteiger partial charge in [0.25, 0.3) is 5.95 Å². The smallest absolute Gasteiger partial charge is 0.338 e. The highest BCUT2D eigenvalue weighted by atomic mass is 16.4. The van der Waals surface area contributed by atoms with Gasteiger partial charge < -0.3 is 10.2 Å². The normalized spacial score (nSPS) is 9.82. The SMILES string of the molecule is N#Cc1cnc(-n2cc(C(=O)O)cn2)nc1O. The highest BCUT2D eigenvalue weighted by Crippen LogP contribution is 2.12. The lowest BCUT2D eigenvalue weighted by atomic mass is 10.4. The Morgan fingerprint density at radius 3 is 2.76 bits per heavy atom. The van der Waals surface area contributed by atoms with E-state index < -0.39 is 11.8 Å². The molecule has 17 heavy (non-hydrogen) atoms. The van der Waals surface area contributed by atoms with Crippen LogP contribution >= 0.6 is 0 Å². The van der Waals surface area contributed by atoms with Crippen LogP contribution in [0, 0.1) is 11.3 Å². The molecular formula is C9H5N5O3. The predicted octanol–water partition coefficient (Wildman–Crippen LogP) is -0.0622. The lowest BCUT2D eigenvalue weighted by Gasteiger charge is -1.99. The van der Waals surface area contributed by atoms with E-state index in [0.717, 1.165) is 17.1 Å². The first-order chi connectivity index (χ1) is 8.11. The molecule has 0 saturated carbocycles. The summed E-state index contributed by atoms with van der Waals surface area (Å²) in [7, 11) is 0. The van der Waals surface area contributed by atoms with Crippen LogP contribution in [0.1, 0.15) is 15.9 Å². The van der Waals surface area contributed by atoms with Gasteiger partial charge in [-0.3, -0.25) is 0 Å². The minimum atomic E-state index is -1.13. The summed E-state index contributed by atoms with van der Waals surface area (Å²) in [5.41, 5.74) is -0.100. The van der Waals surface area contributed by atoms with Gasteiger partial charge in [-0.05, 0) is 0 Å². The molecule has 0 atom stereocenters. The van der Waals surface area contributed by atoms with Crippen molar-refractivity contribution < 1.29 is 15.0 Å². The molecule has 2 heterocycles. The van der Waals surface area contributed by atoms with Gasteiger partial charge in [-0.15, -0.1) is 0 Å². The molecule has 0 amide bonds. The van der Waals surface area contributed by atoms with Crippen LogP contribution in [0.5, 0.6) is 5.88 Å². The van der Waals surface area contributed by atoms with Crippen molar-refractivity contribution in [3.05, 3.63) is 29.7 Å². The molecule has 0 spiro atoms. The molecule has 2 rings (SSSR count). The summed E-state index contributed by atoms with van der Waals surface area (Å²) < 4.78 is 1.09. The molecule has 0 aliphatic carbocycles. The molecule has 0 saturated heterocycles. The lowest BCUT2D eigenvalue weighted by Crippen LogP contribution is -2.02. The van der Waals surface area contributed by atoms with Gasteiger partial charge in [0, 0.05) is 6.20 Å². The molecule has 2 aromatic rings. The molecule has 0 radical (unpaired) electrons. The Labute approximate surface area is 94.4 Å². The summed E-state index contributed by atoms with van der Waals surface area (Å²) in [6.45, 7) is 0. The van der Waals surface area contributed by atoms with Crippen molar-refractivity contribution in [1.82, 2.24) is 19.7 Å². The number of hydrogen-bond acceptors (Lipinski definition) is 6. The first kappa shape index (κ1) is 10.6. The Balaban J connectivity index is 2.43. The molecule has 8 nitrogen and oxygen atoms in total. The second-order valence-electron chi connectivity index (χ2n) is 3.00. The third-order valence-electron chi connectivity index (χ3n) is 1.91. The lowest BCUT2D eigenvalue weighted by molar-refractivity contribution is 0.0697. The minimum absolute atomic E-state index is 0.0194. The van der Waals surface area contributed by atoms with Crippen molar-refractivity contribution in [2.45, 2.75) is 0 Å². The first-order valence-electron chi connectivity index (χ1n) is 4.36. The quantitative estimate of drug-likeness (QED) is 0.741. The van der Waals surface area contributed by atoms with Crippen LogP contribution < -0.4 is 0 Å². The molecule has 8 heteroatoms. The third kappa shape index (κ3) is 1.89. The molecule has 0 aliphatic rings. The predicted molar refractivity (Wildman–Crippen MR) is 52.5 cm³/mol. The Kier molecular flexibility index (Phi) is 2.42. The number of aromatic carboxylic acids is 1. The zero-order chi connectivity index (χ0) is 12.4. The number of nitrogens with zero attached hydrogens (tertiary/aromatic N) is 5. The van der Waals surface area contributed by atoms with Gasteiger partial charge in [0.15, 0.2) is 0 Å². The van der Waals surface area contributed by atoms with E-state index in [9.17, 15) is 9.90 Å². The molecule has 0 aliphatic heterocycles. The van der Waals surface area contributed by atoms with E-state index in [0.29, 0.717) is 0 Å². The highest BCUT2D eigenvalue weighted by Gasteiger charge is 2.11. The van der Waals surface area contributed by atoms with Crippen LogP contribution in [0.2, 0.25) is 0 Å². The van der Waals surface area contributed by atoms with Gasteiger partial charge in [0.2, 0.25) is 5.88 Å². The number of hydrogen-bond donors (Lipinski definition) is 2. The molecule has 0 bridgehead atoms. The summed E-state index contributed by atoms with van der Waals surface area (Å²) >= 11 is 0. The third-order valence-corrected chi connectivity index (χ3v) is 1.91. The van der Waals surface area contributed by atoms with E-state index in [1.165, 1.54) is 6.20 Å². The van der Waals surface area contributed by atoms with Crippen LogP contribution in [0.25, 0.3) is 5.95 Å². The molecule has 2 N–H and O–H groups in total. The maximum atomic E-state index is 10.6. The Morgan fingerprint density at radius 2 is 2.24 bits per heavy atom. The van der Waals surface area contributed by atoms with Gasteiger partial charge in [-0.2, -0.15) is 15.3 Å². The second kappa shape index (κ2) is 3.90. The number of rotatable bonds is 2. The minimum Gasteiger partial charge on any atom is -0.492 e. The maximum Gasteiger partial charge on any atom is 0.338 e. The summed E-state index contributed by atoms with van der Waals surface area (Å²) in [4.78, 5) is 18.0. The number of aromatic nitrogens is 4. The van der Waals surface area contributed by atoms with Crippen molar-refractivity contribution in [2.24, 2.45) is 0 Å². The topological polar surface area (TPSA) is 125 Å². The highest BCUT2D eigenvalue weighted by molar-refractivity contribution is 5.86. The Bertz CT molecular complexity index is 628. The van der Waals surface area contributed by atoms with Crippen molar-refractivity contribution in [2.75, 3.05) is 0 Å². The van der Waals surface area contributed by atoms with Crippen molar-refractivity contribution in [3.63, 3.8) is 0 Å². The van der Waals surface area contributed by atoms with Crippen molar-refractivity contribution in [1.29, 1.82) is 5.26 Å². The van der Waals surface area contributed by atoms with E-state index in [1.54, 1.807) is 6.07 Å². The Hall–Kier alpha value is -2.95. The maximum absolute atomic E-state index is 10.6. The van der Waals surface area contributed by atoms with Crippen molar-refractivity contribution in [3.8, 4) is 17.9 Å². The Morgan fingerprint density at radius 1 is 1.47 bits per heavy atom. The zero-order valence-electron chi connectivity index (χ0n) is 8.27. The number of aromatic hydroxyl groups is 1. The summed E-state index contributed by atoms with van der Waals surface area (Å²) in [6, 6.07) is 1.70. The van der Waals surface area contributed by atoms with Gasteiger partial charge in [0.05, 0.1) is 18.0 Å².